The molecule has 0 unspecified atom stereocenters. The second-order valence-corrected chi connectivity index (χ2v) is 12.2. The minimum absolute atomic E-state index is 0.0443. The van der Waals surface area contributed by atoms with Crippen LogP contribution in [0.5, 0.6) is 5.75 Å². The number of rotatable bonds is 10. The first-order chi connectivity index (χ1) is 18.3. The first kappa shape index (κ1) is 26.4. The van der Waals surface area contributed by atoms with Crippen LogP contribution >= 0.6 is 0 Å². The van der Waals surface area contributed by atoms with E-state index in [4.69, 9.17) is 9.26 Å². The third-order valence-electron chi connectivity index (χ3n) is 7.20. The molecule has 10 heteroatoms. The molecule has 1 saturated heterocycles. The molecule has 0 amide bonds. The number of fused-ring (bicyclic) bond motifs is 1. The Morgan fingerprint density at radius 2 is 2.05 bits per heavy atom. The molecule has 5 rings (SSSR count). The van der Waals surface area contributed by atoms with Crippen LogP contribution in [0.15, 0.2) is 40.9 Å². The first-order valence-electron chi connectivity index (χ1n) is 13.2. The number of ether oxygens (including phenoxy) is 1. The molecule has 0 saturated carbocycles. The molecule has 0 spiro atoms. The van der Waals surface area contributed by atoms with Crippen LogP contribution in [0, 0.1) is 11.3 Å². The average Bonchev–Trinajstić information content (AvgIpc) is 3.67. The standard InChI is InChI=1S/C28H33N5O4S/c1-19(2)36-26-11-9-20(16-22(26)17-29)28-31-27(32-37-28)25-7-5-6-23-21(8-10-24(23)25)18-30-38(34,35)15-14-33-12-3-4-13-33/h5-7,9,11,16,19,21,30H,3-4,8,10,12-15,18H2,1-2H3/t21-/m1/s1. The Morgan fingerprint density at radius 3 is 2.82 bits per heavy atom. The quantitative estimate of drug-likeness (QED) is 0.412. The molecular weight excluding hydrogens is 502 g/mol. The summed E-state index contributed by atoms with van der Waals surface area (Å²) in [4.78, 5) is 6.84. The predicted octanol–water partition coefficient (Wildman–Crippen LogP) is 4.11. The number of aromatic nitrogens is 2. The number of nitriles is 1. The lowest BCUT2D eigenvalue weighted by Gasteiger charge is -2.16. The van der Waals surface area contributed by atoms with Gasteiger partial charge in [-0.15, -0.1) is 0 Å². The van der Waals surface area contributed by atoms with E-state index in [0.29, 0.717) is 41.7 Å². The fraction of sp³-hybridized carbons (Fsp3) is 0.464. The van der Waals surface area contributed by atoms with Gasteiger partial charge >= 0.3 is 0 Å². The predicted molar refractivity (Wildman–Crippen MR) is 144 cm³/mol. The van der Waals surface area contributed by atoms with Gasteiger partial charge in [-0.25, -0.2) is 13.1 Å². The smallest absolute Gasteiger partial charge is 0.258 e. The number of hydrogen-bond acceptors (Lipinski definition) is 8. The van der Waals surface area contributed by atoms with Crippen molar-refractivity contribution in [1.82, 2.24) is 19.8 Å². The summed E-state index contributed by atoms with van der Waals surface area (Å²) in [5, 5.41) is 13.8. The molecule has 9 nitrogen and oxygen atoms in total. The number of nitrogens with one attached hydrogen (secondary N) is 1. The van der Waals surface area contributed by atoms with Crippen molar-refractivity contribution in [2.45, 2.75) is 51.6 Å². The normalized spacial score (nSPS) is 17.6. The zero-order chi connectivity index (χ0) is 26.7. The summed E-state index contributed by atoms with van der Waals surface area (Å²) >= 11 is 0. The van der Waals surface area contributed by atoms with E-state index in [9.17, 15) is 13.7 Å². The summed E-state index contributed by atoms with van der Waals surface area (Å²) in [6, 6.07) is 13.4. The van der Waals surface area contributed by atoms with Crippen molar-refractivity contribution in [3.8, 4) is 34.7 Å². The highest BCUT2D eigenvalue weighted by Gasteiger charge is 2.28. The fourth-order valence-electron chi connectivity index (χ4n) is 5.27. The Kier molecular flexibility index (Phi) is 7.79. The van der Waals surface area contributed by atoms with Gasteiger partial charge in [0.1, 0.15) is 11.8 Å². The Balaban J connectivity index is 1.29. The summed E-state index contributed by atoms with van der Waals surface area (Å²) in [7, 11) is -3.33. The Hall–Kier alpha value is -3.26. The van der Waals surface area contributed by atoms with Crippen LogP contribution in [-0.4, -0.2) is 61.5 Å². The maximum absolute atomic E-state index is 12.6. The molecule has 1 aliphatic carbocycles. The van der Waals surface area contributed by atoms with Crippen LogP contribution in [0.1, 0.15) is 55.7 Å². The van der Waals surface area contributed by atoms with Gasteiger partial charge in [0.2, 0.25) is 15.8 Å². The van der Waals surface area contributed by atoms with Crippen molar-refractivity contribution in [2.24, 2.45) is 0 Å². The van der Waals surface area contributed by atoms with Crippen LogP contribution in [-0.2, 0) is 16.4 Å². The molecule has 2 aliphatic rings. The maximum atomic E-state index is 12.6. The molecule has 1 aromatic heterocycles. The molecular formula is C28H33N5O4S. The van der Waals surface area contributed by atoms with Crippen molar-refractivity contribution in [3.05, 3.63) is 53.1 Å². The summed E-state index contributed by atoms with van der Waals surface area (Å²) in [6.45, 7) is 6.77. The van der Waals surface area contributed by atoms with Crippen LogP contribution < -0.4 is 9.46 Å². The van der Waals surface area contributed by atoms with Crippen molar-refractivity contribution in [1.29, 1.82) is 5.26 Å². The van der Waals surface area contributed by atoms with E-state index in [2.05, 4.69) is 31.9 Å². The van der Waals surface area contributed by atoms with Gasteiger partial charge < -0.3 is 14.2 Å². The zero-order valence-corrected chi connectivity index (χ0v) is 22.6. The van der Waals surface area contributed by atoms with E-state index in [0.717, 1.165) is 55.5 Å². The van der Waals surface area contributed by atoms with Gasteiger partial charge in [0.15, 0.2) is 0 Å². The van der Waals surface area contributed by atoms with E-state index >= 15 is 0 Å². The molecule has 2 aromatic carbocycles. The molecule has 1 aliphatic heterocycles. The van der Waals surface area contributed by atoms with E-state index in [1.807, 2.05) is 26.0 Å². The van der Waals surface area contributed by atoms with E-state index in [-0.39, 0.29) is 17.8 Å². The highest BCUT2D eigenvalue weighted by atomic mass is 32.2. The van der Waals surface area contributed by atoms with Crippen LogP contribution in [0.4, 0.5) is 0 Å². The highest BCUT2D eigenvalue weighted by molar-refractivity contribution is 7.89. The summed E-state index contributed by atoms with van der Waals surface area (Å²) in [5.74, 6) is 1.56. The third kappa shape index (κ3) is 5.90. The molecule has 0 bridgehead atoms. The topological polar surface area (TPSA) is 121 Å². The van der Waals surface area contributed by atoms with Gasteiger partial charge in [-0.05, 0) is 87.9 Å². The number of sulfonamides is 1. The second kappa shape index (κ2) is 11.2. The molecule has 1 atom stereocenters. The molecule has 1 N–H and O–H groups in total. The first-order valence-corrected chi connectivity index (χ1v) is 14.8. The average molecular weight is 536 g/mol. The van der Waals surface area contributed by atoms with Crippen LogP contribution in [0.2, 0.25) is 0 Å². The summed E-state index contributed by atoms with van der Waals surface area (Å²) in [5.41, 5.74) is 4.18. The molecule has 200 valence electrons. The van der Waals surface area contributed by atoms with E-state index in [1.54, 1.807) is 18.2 Å². The molecule has 38 heavy (non-hydrogen) atoms. The number of nitrogens with zero attached hydrogens (tertiary/aromatic N) is 4. The SMILES string of the molecule is CC(C)Oc1ccc(-c2nc(-c3cccc4c3CC[C@@H]4CNS(=O)(=O)CCN3CCCC3)no2)cc1C#N. The molecule has 2 heterocycles. The van der Waals surface area contributed by atoms with Gasteiger partial charge in [0.25, 0.3) is 5.89 Å². The largest absolute Gasteiger partial charge is 0.490 e. The maximum Gasteiger partial charge on any atom is 0.258 e. The second-order valence-electron chi connectivity index (χ2n) is 10.2. The minimum atomic E-state index is -3.33. The van der Waals surface area contributed by atoms with Crippen LogP contribution in [0.25, 0.3) is 22.8 Å². The monoisotopic (exact) mass is 535 g/mol. The van der Waals surface area contributed by atoms with Crippen molar-refractivity contribution < 1.29 is 17.7 Å². The summed E-state index contributed by atoms with van der Waals surface area (Å²) < 4.78 is 39.3. The molecule has 0 radical (unpaired) electrons. The van der Waals surface area contributed by atoms with E-state index in [1.165, 1.54) is 0 Å². The zero-order valence-electron chi connectivity index (χ0n) is 21.8. The van der Waals surface area contributed by atoms with Crippen molar-refractivity contribution >= 4 is 10.0 Å². The van der Waals surface area contributed by atoms with Crippen molar-refractivity contribution in [3.63, 3.8) is 0 Å². The Labute approximate surface area is 223 Å². The highest BCUT2D eigenvalue weighted by Crippen LogP contribution is 2.38. The lowest BCUT2D eigenvalue weighted by atomic mass is 9.98. The number of benzene rings is 2. The minimum Gasteiger partial charge on any atom is -0.490 e. The van der Waals surface area contributed by atoms with Crippen molar-refractivity contribution in [2.75, 3.05) is 31.9 Å². The van der Waals surface area contributed by atoms with Gasteiger partial charge in [-0.1, -0.05) is 23.4 Å². The molecule has 3 aromatic rings. The fourth-order valence-corrected chi connectivity index (χ4v) is 6.37. The van der Waals surface area contributed by atoms with Gasteiger partial charge in [-0.2, -0.15) is 10.2 Å². The lowest BCUT2D eigenvalue weighted by molar-refractivity contribution is 0.241. The van der Waals surface area contributed by atoms with Gasteiger partial charge in [0, 0.05) is 24.2 Å². The third-order valence-corrected chi connectivity index (χ3v) is 8.52. The molecule has 1 fully saturated rings. The summed E-state index contributed by atoms with van der Waals surface area (Å²) in [6.07, 6.45) is 3.93. The van der Waals surface area contributed by atoms with E-state index < -0.39 is 10.0 Å². The van der Waals surface area contributed by atoms with Crippen LogP contribution in [0.3, 0.4) is 0 Å². The van der Waals surface area contributed by atoms with Gasteiger partial charge in [-0.3, -0.25) is 0 Å². The number of hydrogen-bond donors (Lipinski definition) is 1. The number of likely N-dealkylation sites (tertiary alicyclic amines) is 1. The lowest BCUT2D eigenvalue weighted by Crippen LogP contribution is -2.35. The van der Waals surface area contributed by atoms with Gasteiger partial charge in [0.05, 0.1) is 17.4 Å². The Morgan fingerprint density at radius 1 is 1.24 bits per heavy atom. The Bertz CT molecular complexity index is 1440.